The van der Waals surface area contributed by atoms with Crippen LogP contribution in [-0.2, 0) is 0 Å². The van der Waals surface area contributed by atoms with Crippen LogP contribution in [0.5, 0.6) is 5.75 Å². The highest BCUT2D eigenvalue weighted by atomic mass is 16.5. The van der Waals surface area contributed by atoms with Crippen LogP contribution in [-0.4, -0.2) is 24.4 Å². The molecule has 1 fully saturated rings. The lowest BCUT2D eigenvalue weighted by Crippen LogP contribution is -2.27. The van der Waals surface area contributed by atoms with Crippen molar-refractivity contribution >= 4 is 0 Å². The third kappa shape index (κ3) is 4.22. The van der Waals surface area contributed by atoms with Gasteiger partial charge in [0, 0.05) is 19.2 Å². The summed E-state index contributed by atoms with van der Waals surface area (Å²) in [4.78, 5) is 0. The highest BCUT2D eigenvalue weighted by Gasteiger charge is 2.41. The quantitative estimate of drug-likeness (QED) is 0.766. The molecule has 2 N–H and O–H groups in total. The van der Waals surface area contributed by atoms with Gasteiger partial charge in [0.05, 0.1) is 6.10 Å². The molecule has 0 heterocycles. The average Bonchev–Trinajstić information content (AvgIpc) is 3.17. The van der Waals surface area contributed by atoms with Crippen molar-refractivity contribution in [3.05, 3.63) is 29.8 Å². The summed E-state index contributed by atoms with van der Waals surface area (Å²) in [7, 11) is 0. The number of rotatable bonds is 8. The van der Waals surface area contributed by atoms with E-state index in [1.165, 1.54) is 18.4 Å². The Morgan fingerprint density at radius 3 is 2.35 bits per heavy atom. The van der Waals surface area contributed by atoms with Crippen molar-refractivity contribution in [2.24, 2.45) is 5.41 Å². The van der Waals surface area contributed by atoms with E-state index >= 15 is 0 Å². The van der Waals surface area contributed by atoms with E-state index in [1.807, 2.05) is 26.0 Å². The highest BCUT2D eigenvalue weighted by molar-refractivity contribution is 5.29. The molecule has 3 nitrogen and oxygen atoms in total. The summed E-state index contributed by atoms with van der Waals surface area (Å²) in [5, 5.41) is 12.7. The van der Waals surface area contributed by atoms with Crippen molar-refractivity contribution in [3.63, 3.8) is 0 Å². The highest BCUT2D eigenvalue weighted by Crippen LogP contribution is 2.48. The minimum absolute atomic E-state index is 0.213. The monoisotopic (exact) mass is 277 g/mol. The molecule has 0 aromatic heterocycles. The van der Waals surface area contributed by atoms with Crippen molar-refractivity contribution in [1.29, 1.82) is 0 Å². The molecule has 0 radical (unpaired) electrons. The van der Waals surface area contributed by atoms with Gasteiger partial charge in [-0.15, -0.1) is 0 Å². The Hall–Kier alpha value is -1.06. The number of nitrogens with one attached hydrogen (secondary N) is 1. The Bertz CT molecular complexity index is 410. The van der Waals surface area contributed by atoms with E-state index in [2.05, 4.69) is 24.4 Å². The van der Waals surface area contributed by atoms with Crippen molar-refractivity contribution < 1.29 is 9.84 Å². The number of hydrogen-bond acceptors (Lipinski definition) is 3. The van der Waals surface area contributed by atoms with Crippen LogP contribution in [0.4, 0.5) is 0 Å². The van der Waals surface area contributed by atoms with E-state index in [-0.39, 0.29) is 6.10 Å². The minimum atomic E-state index is 0.213. The zero-order chi connectivity index (χ0) is 14.6. The molecule has 1 atom stereocenters. The van der Waals surface area contributed by atoms with Gasteiger partial charge in [-0.1, -0.05) is 12.1 Å². The van der Waals surface area contributed by atoms with Crippen LogP contribution >= 0.6 is 0 Å². The van der Waals surface area contributed by atoms with Crippen LogP contribution < -0.4 is 10.1 Å². The van der Waals surface area contributed by atoms with Gasteiger partial charge in [0.1, 0.15) is 5.75 Å². The molecule has 1 aliphatic rings. The summed E-state index contributed by atoms with van der Waals surface area (Å²) >= 11 is 0. The van der Waals surface area contributed by atoms with Crippen LogP contribution in [0.3, 0.4) is 0 Å². The fraction of sp³-hybridized carbons (Fsp3) is 0.647. The third-order valence-electron chi connectivity index (χ3n) is 4.13. The maximum atomic E-state index is 9.08. The van der Waals surface area contributed by atoms with Gasteiger partial charge in [0.15, 0.2) is 0 Å². The smallest absolute Gasteiger partial charge is 0.119 e. The van der Waals surface area contributed by atoms with E-state index in [1.54, 1.807) is 0 Å². The first-order valence-corrected chi connectivity index (χ1v) is 7.65. The first-order chi connectivity index (χ1) is 9.54. The second kappa shape index (κ2) is 6.59. The van der Waals surface area contributed by atoms with Gasteiger partial charge >= 0.3 is 0 Å². The topological polar surface area (TPSA) is 41.5 Å². The van der Waals surface area contributed by atoms with E-state index in [0.29, 0.717) is 18.1 Å². The van der Waals surface area contributed by atoms with Crippen molar-refractivity contribution in [2.75, 3.05) is 13.2 Å². The molecular weight excluding hydrogens is 250 g/mol. The SMILES string of the molecule is CC(C)Oc1ccc(C(C)NCC2(CCO)CC2)cc1. The molecule has 0 bridgehead atoms. The van der Waals surface area contributed by atoms with Gasteiger partial charge in [-0.05, 0) is 63.1 Å². The van der Waals surface area contributed by atoms with Crippen LogP contribution in [0.2, 0.25) is 0 Å². The summed E-state index contributed by atoms with van der Waals surface area (Å²) in [6, 6.07) is 8.66. The number of benzene rings is 1. The Morgan fingerprint density at radius 2 is 1.85 bits per heavy atom. The molecule has 20 heavy (non-hydrogen) atoms. The number of aliphatic hydroxyl groups is 1. The van der Waals surface area contributed by atoms with E-state index in [0.717, 1.165) is 18.7 Å². The van der Waals surface area contributed by atoms with E-state index < -0.39 is 0 Å². The van der Waals surface area contributed by atoms with E-state index in [4.69, 9.17) is 9.84 Å². The van der Waals surface area contributed by atoms with Gasteiger partial charge in [-0.25, -0.2) is 0 Å². The second-order valence-electron chi connectivity index (χ2n) is 6.31. The lowest BCUT2D eigenvalue weighted by molar-refractivity contribution is 0.241. The average molecular weight is 277 g/mol. The lowest BCUT2D eigenvalue weighted by atomic mass is 10.0. The normalized spacial score (nSPS) is 18.1. The fourth-order valence-electron chi connectivity index (χ4n) is 2.52. The predicted molar refractivity (Wildman–Crippen MR) is 82.0 cm³/mol. The van der Waals surface area contributed by atoms with Gasteiger partial charge in [-0.2, -0.15) is 0 Å². The molecule has 0 aliphatic heterocycles. The summed E-state index contributed by atoms with van der Waals surface area (Å²) in [5.41, 5.74) is 1.64. The van der Waals surface area contributed by atoms with Crippen LogP contribution in [0, 0.1) is 5.41 Å². The number of hydrogen-bond donors (Lipinski definition) is 2. The summed E-state index contributed by atoms with van der Waals surface area (Å²) in [6.45, 7) is 7.56. The summed E-state index contributed by atoms with van der Waals surface area (Å²) < 4.78 is 5.66. The molecule has 1 unspecified atom stereocenters. The first kappa shape index (κ1) is 15.3. The Labute approximate surface area is 122 Å². The number of ether oxygens (including phenoxy) is 1. The lowest BCUT2D eigenvalue weighted by Gasteiger charge is -2.20. The molecule has 1 aliphatic carbocycles. The first-order valence-electron chi connectivity index (χ1n) is 7.65. The molecule has 3 heteroatoms. The van der Waals surface area contributed by atoms with Gasteiger partial charge in [-0.3, -0.25) is 0 Å². The zero-order valence-corrected chi connectivity index (χ0v) is 12.9. The zero-order valence-electron chi connectivity index (χ0n) is 12.9. The molecule has 1 saturated carbocycles. The fourth-order valence-corrected chi connectivity index (χ4v) is 2.52. The maximum Gasteiger partial charge on any atom is 0.119 e. The molecule has 112 valence electrons. The summed E-state index contributed by atoms with van der Waals surface area (Å²) in [5.74, 6) is 0.926. The van der Waals surface area contributed by atoms with Crippen molar-refractivity contribution in [1.82, 2.24) is 5.32 Å². The van der Waals surface area contributed by atoms with Crippen LogP contribution in [0.25, 0.3) is 0 Å². The second-order valence-corrected chi connectivity index (χ2v) is 6.31. The van der Waals surface area contributed by atoms with Crippen molar-refractivity contribution in [2.45, 2.75) is 52.2 Å². The molecule has 1 aromatic rings. The molecule has 2 rings (SSSR count). The van der Waals surface area contributed by atoms with Gasteiger partial charge in [0.2, 0.25) is 0 Å². The molecule has 0 spiro atoms. The Balaban J connectivity index is 1.84. The molecule has 1 aromatic carbocycles. The maximum absolute atomic E-state index is 9.08. The largest absolute Gasteiger partial charge is 0.491 e. The summed E-state index contributed by atoms with van der Waals surface area (Å²) in [6.07, 6.45) is 3.63. The predicted octanol–water partition coefficient (Wildman–Crippen LogP) is 3.29. The standard InChI is InChI=1S/C17H27NO2/c1-13(2)20-16-6-4-15(5-7-16)14(3)18-12-17(8-9-17)10-11-19/h4-7,13-14,18-19H,8-12H2,1-3H3. The molecular formula is C17H27NO2. The number of aliphatic hydroxyl groups excluding tert-OH is 1. The van der Waals surface area contributed by atoms with Crippen LogP contribution in [0.1, 0.15) is 51.6 Å². The molecule has 0 saturated heterocycles. The Morgan fingerprint density at radius 1 is 1.20 bits per heavy atom. The van der Waals surface area contributed by atoms with Gasteiger partial charge in [0.25, 0.3) is 0 Å². The van der Waals surface area contributed by atoms with E-state index in [9.17, 15) is 0 Å². The van der Waals surface area contributed by atoms with Crippen molar-refractivity contribution in [3.8, 4) is 5.75 Å². The Kier molecular flexibility index (Phi) is 5.06. The van der Waals surface area contributed by atoms with Gasteiger partial charge < -0.3 is 15.2 Å². The molecule has 0 amide bonds. The van der Waals surface area contributed by atoms with Crippen LogP contribution in [0.15, 0.2) is 24.3 Å². The minimum Gasteiger partial charge on any atom is -0.491 e. The third-order valence-corrected chi connectivity index (χ3v) is 4.13.